The van der Waals surface area contributed by atoms with Gasteiger partial charge in [0.1, 0.15) is 18.7 Å². The third kappa shape index (κ3) is 3.19. The fourth-order valence-corrected chi connectivity index (χ4v) is 1.92. The van der Waals surface area contributed by atoms with E-state index in [1.54, 1.807) is 7.11 Å². The highest BCUT2D eigenvalue weighted by atomic mass is 16.6. The predicted octanol–water partition coefficient (Wildman–Crippen LogP) is 1.85. The lowest BCUT2D eigenvalue weighted by atomic mass is 10.2. The SMILES string of the molecule is CCO[C@@H]1COCN1Cc1ccc(OC)cc1. The number of rotatable bonds is 5. The molecule has 0 saturated carbocycles. The fourth-order valence-electron chi connectivity index (χ4n) is 1.92. The van der Waals surface area contributed by atoms with E-state index in [0.29, 0.717) is 19.9 Å². The molecule has 2 rings (SSSR count). The summed E-state index contributed by atoms with van der Waals surface area (Å²) in [5.41, 5.74) is 1.24. The smallest absolute Gasteiger partial charge is 0.136 e. The Hall–Kier alpha value is -1.10. The monoisotopic (exact) mass is 237 g/mol. The van der Waals surface area contributed by atoms with E-state index >= 15 is 0 Å². The molecule has 1 aliphatic heterocycles. The first-order valence-corrected chi connectivity index (χ1v) is 5.90. The van der Waals surface area contributed by atoms with Crippen molar-refractivity contribution in [2.24, 2.45) is 0 Å². The second-order valence-corrected chi connectivity index (χ2v) is 4.00. The van der Waals surface area contributed by atoms with Crippen molar-refractivity contribution < 1.29 is 14.2 Å². The van der Waals surface area contributed by atoms with E-state index in [2.05, 4.69) is 17.0 Å². The number of benzene rings is 1. The maximum absolute atomic E-state index is 5.61. The molecule has 1 aromatic rings. The molecule has 4 heteroatoms. The van der Waals surface area contributed by atoms with Crippen LogP contribution in [-0.4, -0.2) is 38.2 Å². The highest BCUT2D eigenvalue weighted by Gasteiger charge is 2.25. The van der Waals surface area contributed by atoms with Crippen molar-refractivity contribution in [1.82, 2.24) is 4.90 Å². The van der Waals surface area contributed by atoms with Gasteiger partial charge in [-0.25, -0.2) is 4.90 Å². The third-order valence-corrected chi connectivity index (χ3v) is 2.83. The molecule has 0 aromatic heterocycles. The van der Waals surface area contributed by atoms with Crippen molar-refractivity contribution in [1.29, 1.82) is 0 Å². The highest BCUT2D eigenvalue weighted by Crippen LogP contribution is 2.17. The van der Waals surface area contributed by atoms with Crippen molar-refractivity contribution in [3.8, 4) is 5.75 Å². The maximum Gasteiger partial charge on any atom is 0.136 e. The first kappa shape index (κ1) is 12.4. The molecule has 4 nitrogen and oxygen atoms in total. The van der Waals surface area contributed by atoms with Crippen LogP contribution in [0, 0.1) is 0 Å². The van der Waals surface area contributed by atoms with Crippen molar-refractivity contribution in [2.45, 2.75) is 19.7 Å². The summed E-state index contributed by atoms with van der Waals surface area (Å²) in [6.07, 6.45) is 0.0853. The van der Waals surface area contributed by atoms with Gasteiger partial charge in [0.15, 0.2) is 0 Å². The van der Waals surface area contributed by atoms with Crippen molar-refractivity contribution >= 4 is 0 Å². The van der Waals surface area contributed by atoms with Gasteiger partial charge in [-0.15, -0.1) is 0 Å². The molecule has 0 aliphatic carbocycles. The molecule has 0 amide bonds. The summed E-state index contributed by atoms with van der Waals surface area (Å²) in [6.45, 7) is 4.85. The molecule has 0 radical (unpaired) electrons. The molecule has 17 heavy (non-hydrogen) atoms. The van der Waals surface area contributed by atoms with Crippen LogP contribution >= 0.6 is 0 Å². The van der Waals surface area contributed by atoms with Crippen LogP contribution in [0.25, 0.3) is 0 Å². The zero-order chi connectivity index (χ0) is 12.1. The van der Waals surface area contributed by atoms with E-state index in [1.807, 2.05) is 19.1 Å². The predicted molar refractivity (Wildman–Crippen MR) is 64.8 cm³/mol. The molecule has 94 valence electrons. The maximum atomic E-state index is 5.61. The zero-order valence-corrected chi connectivity index (χ0v) is 10.4. The summed E-state index contributed by atoms with van der Waals surface area (Å²) in [5, 5.41) is 0. The molecule has 1 aromatic carbocycles. The lowest BCUT2D eigenvalue weighted by Gasteiger charge is -2.21. The molecule has 1 fully saturated rings. The highest BCUT2D eigenvalue weighted by molar-refractivity contribution is 5.27. The third-order valence-electron chi connectivity index (χ3n) is 2.83. The Morgan fingerprint density at radius 3 is 2.76 bits per heavy atom. The molecule has 0 N–H and O–H groups in total. The van der Waals surface area contributed by atoms with Crippen LogP contribution in [0.15, 0.2) is 24.3 Å². The Balaban J connectivity index is 1.94. The van der Waals surface area contributed by atoms with Crippen molar-refractivity contribution in [3.63, 3.8) is 0 Å². The summed E-state index contributed by atoms with van der Waals surface area (Å²) in [5.74, 6) is 0.882. The van der Waals surface area contributed by atoms with E-state index < -0.39 is 0 Å². The van der Waals surface area contributed by atoms with Crippen molar-refractivity contribution in [2.75, 3.05) is 27.1 Å². The second-order valence-electron chi connectivity index (χ2n) is 4.00. The van der Waals surface area contributed by atoms with Gasteiger partial charge in [-0.2, -0.15) is 0 Å². The summed E-state index contributed by atoms with van der Waals surface area (Å²) in [6, 6.07) is 8.09. The van der Waals surface area contributed by atoms with Gasteiger partial charge < -0.3 is 14.2 Å². The minimum Gasteiger partial charge on any atom is -0.497 e. The van der Waals surface area contributed by atoms with Crippen LogP contribution in [-0.2, 0) is 16.0 Å². The van der Waals surface area contributed by atoms with Gasteiger partial charge >= 0.3 is 0 Å². The Labute approximate surface area is 102 Å². The number of ether oxygens (including phenoxy) is 3. The zero-order valence-electron chi connectivity index (χ0n) is 10.4. The number of methoxy groups -OCH3 is 1. The van der Waals surface area contributed by atoms with Crippen LogP contribution < -0.4 is 4.74 Å². The van der Waals surface area contributed by atoms with Gasteiger partial charge in [0.05, 0.1) is 13.7 Å². The average Bonchev–Trinajstić information content (AvgIpc) is 2.78. The topological polar surface area (TPSA) is 30.9 Å². The lowest BCUT2D eigenvalue weighted by Crippen LogP contribution is -2.32. The fraction of sp³-hybridized carbons (Fsp3) is 0.538. The van der Waals surface area contributed by atoms with Gasteiger partial charge in [-0.3, -0.25) is 0 Å². The lowest BCUT2D eigenvalue weighted by molar-refractivity contribution is -0.0257. The van der Waals surface area contributed by atoms with E-state index in [9.17, 15) is 0 Å². The van der Waals surface area contributed by atoms with Gasteiger partial charge in [0.25, 0.3) is 0 Å². The molecular weight excluding hydrogens is 218 g/mol. The van der Waals surface area contributed by atoms with Crippen LogP contribution in [0.3, 0.4) is 0 Å². The Morgan fingerprint density at radius 2 is 2.12 bits per heavy atom. The summed E-state index contributed by atoms with van der Waals surface area (Å²) < 4.78 is 16.2. The van der Waals surface area contributed by atoms with Crippen molar-refractivity contribution in [3.05, 3.63) is 29.8 Å². The largest absolute Gasteiger partial charge is 0.497 e. The molecule has 0 bridgehead atoms. The minimum atomic E-state index is 0.0853. The second kappa shape index (κ2) is 6.00. The van der Waals surface area contributed by atoms with Gasteiger partial charge in [0, 0.05) is 13.2 Å². The van der Waals surface area contributed by atoms with E-state index in [-0.39, 0.29) is 6.23 Å². The van der Waals surface area contributed by atoms with Crippen LogP contribution in [0.1, 0.15) is 12.5 Å². The normalized spacial score (nSPS) is 20.7. The van der Waals surface area contributed by atoms with Gasteiger partial charge in [-0.1, -0.05) is 12.1 Å². The van der Waals surface area contributed by atoms with Crippen LogP contribution in [0.5, 0.6) is 5.75 Å². The molecular formula is C13H19NO3. The number of hydrogen-bond donors (Lipinski definition) is 0. The molecule has 1 atom stereocenters. The molecule has 1 heterocycles. The Morgan fingerprint density at radius 1 is 1.35 bits per heavy atom. The molecule has 0 unspecified atom stereocenters. The standard InChI is InChI=1S/C13H19NO3/c1-3-17-13-9-16-10-14(13)8-11-4-6-12(15-2)7-5-11/h4-7,13H,3,8-10H2,1-2H3/t13-/m1/s1. The van der Waals surface area contributed by atoms with E-state index in [1.165, 1.54) is 5.56 Å². The van der Waals surface area contributed by atoms with Gasteiger partial charge in [0.2, 0.25) is 0 Å². The van der Waals surface area contributed by atoms with E-state index in [4.69, 9.17) is 14.2 Å². The molecule has 1 aliphatic rings. The first-order chi connectivity index (χ1) is 8.33. The molecule has 1 saturated heterocycles. The number of nitrogens with zero attached hydrogens (tertiary/aromatic N) is 1. The Bertz CT molecular complexity index is 339. The van der Waals surface area contributed by atoms with Crippen LogP contribution in [0.2, 0.25) is 0 Å². The average molecular weight is 237 g/mol. The van der Waals surface area contributed by atoms with Crippen LogP contribution in [0.4, 0.5) is 0 Å². The van der Waals surface area contributed by atoms with E-state index in [0.717, 1.165) is 12.3 Å². The quantitative estimate of drug-likeness (QED) is 0.782. The minimum absolute atomic E-state index is 0.0853. The van der Waals surface area contributed by atoms with Gasteiger partial charge in [-0.05, 0) is 24.6 Å². The summed E-state index contributed by atoms with van der Waals surface area (Å²) in [7, 11) is 1.68. The summed E-state index contributed by atoms with van der Waals surface area (Å²) in [4.78, 5) is 2.19. The molecule has 0 spiro atoms. The first-order valence-electron chi connectivity index (χ1n) is 5.90. The Kier molecular flexibility index (Phi) is 4.36. The summed E-state index contributed by atoms with van der Waals surface area (Å²) >= 11 is 0. The number of hydrogen-bond acceptors (Lipinski definition) is 4.